The number of carbonyl (C=O) groups is 1. The molecule has 19 heavy (non-hydrogen) atoms. The fraction of sp³-hybridized carbons (Fsp3) is 0.188. The summed E-state index contributed by atoms with van der Waals surface area (Å²) < 4.78 is 0. The third-order valence-corrected chi connectivity index (χ3v) is 3.37. The van der Waals surface area contributed by atoms with E-state index in [0.717, 1.165) is 16.8 Å². The van der Waals surface area contributed by atoms with Crippen molar-refractivity contribution in [2.75, 3.05) is 5.32 Å². The Hall–Kier alpha value is -2.29. The van der Waals surface area contributed by atoms with Gasteiger partial charge in [-0.05, 0) is 31.0 Å². The van der Waals surface area contributed by atoms with Gasteiger partial charge in [-0.25, -0.2) is 0 Å². The minimum absolute atomic E-state index is 0.401. The van der Waals surface area contributed by atoms with Crippen LogP contribution in [0.25, 0.3) is 0 Å². The van der Waals surface area contributed by atoms with E-state index in [1.54, 1.807) is 6.92 Å². The molecule has 0 bridgehead atoms. The molecule has 2 aromatic rings. The van der Waals surface area contributed by atoms with Crippen LogP contribution in [0.4, 0.5) is 5.69 Å². The Bertz CT molecular complexity index is 580. The SMILES string of the molecule is Cc1ccccc1NC(C)(C(N)=O)c1ccccc1. The van der Waals surface area contributed by atoms with Gasteiger partial charge in [-0.1, -0.05) is 48.5 Å². The van der Waals surface area contributed by atoms with E-state index >= 15 is 0 Å². The zero-order chi connectivity index (χ0) is 13.9. The second-order valence-corrected chi connectivity index (χ2v) is 4.80. The maximum Gasteiger partial charge on any atom is 0.247 e. The highest BCUT2D eigenvalue weighted by molar-refractivity contribution is 5.89. The van der Waals surface area contributed by atoms with E-state index in [0.29, 0.717) is 0 Å². The summed E-state index contributed by atoms with van der Waals surface area (Å²) in [4.78, 5) is 11.9. The molecule has 3 nitrogen and oxygen atoms in total. The van der Waals surface area contributed by atoms with E-state index in [9.17, 15) is 4.79 Å². The standard InChI is InChI=1S/C16H18N2O/c1-12-8-6-7-11-14(12)18-16(2,15(17)19)13-9-4-3-5-10-13/h3-11,18H,1-2H3,(H2,17,19). The fourth-order valence-corrected chi connectivity index (χ4v) is 2.03. The van der Waals surface area contributed by atoms with Crippen LogP contribution in [0.1, 0.15) is 18.1 Å². The fourth-order valence-electron chi connectivity index (χ4n) is 2.03. The summed E-state index contributed by atoms with van der Waals surface area (Å²) in [6.07, 6.45) is 0. The molecule has 98 valence electrons. The molecule has 1 atom stereocenters. The van der Waals surface area contributed by atoms with Gasteiger partial charge >= 0.3 is 0 Å². The monoisotopic (exact) mass is 254 g/mol. The van der Waals surface area contributed by atoms with Crippen molar-refractivity contribution in [2.45, 2.75) is 19.4 Å². The molecule has 2 aromatic carbocycles. The number of anilines is 1. The predicted molar refractivity (Wildman–Crippen MR) is 77.8 cm³/mol. The summed E-state index contributed by atoms with van der Waals surface area (Å²) in [5.74, 6) is -0.401. The van der Waals surface area contributed by atoms with Crippen LogP contribution >= 0.6 is 0 Å². The third-order valence-electron chi connectivity index (χ3n) is 3.37. The normalized spacial score (nSPS) is 13.6. The van der Waals surface area contributed by atoms with Crippen LogP contribution in [0.3, 0.4) is 0 Å². The van der Waals surface area contributed by atoms with Crippen molar-refractivity contribution < 1.29 is 4.79 Å². The molecule has 0 aliphatic heterocycles. The Labute approximate surface area is 113 Å². The molecule has 0 saturated carbocycles. The minimum Gasteiger partial charge on any atom is -0.368 e. The molecule has 0 aromatic heterocycles. The van der Waals surface area contributed by atoms with E-state index < -0.39 is 11.4 Å². The van der Waals surface area contributed by atoms with Crippen molar-refractivity contribution in [3.05, 3.63) is 65.7 Å². The molecular weight excluding hydrogens is 236 g/mol. The lowest BCUT2D eigenvalue weighted by Crippen LogP contribution is -2.45. The molecule has 3 N–H and O–H groups in total. The van der Waals surface area contributed by atoms with Crippen LogP contribution in [0.15, 0.2) is 54.6 Å². The molecule has 1 unspecified atom stereocenters. The van der Waals surface area contributed by atoms with Gasteiger partial charge in [0.1, 0.15) is 5.54 Å². The first-order chi connectivity index (χ1) is 9.04. The highest BCUT2D eigenvalue weighted by Gasteiger charge is 2.33. The lowest BCUT2D eigenvalue weighted by Gasteiger charge is -2.30. The van der Waals surface area contributed by atoms with Crippen LogP contribution < -0.4 is 11.1 Å². The second kappa shape index (κ2) is 5.14. The van der Waals surface area contributed by atoms with Gasteiger partial charge < -0.3 is 11.1 Å². The van der Waals surface area contributed by atoms with Gasteiger partial charge in [-0.3, -0.25) is 4.79 Å². The lowest BCUT2D eigenvalue weighted by molar-refractivity contribution is -0.122. The number of amides is 1. The zero-order valence-electron chi connectivity index (χ0n) is 11.2. The number of carbonyl (C=O) groups excluding carboxylic acids is 1. The molecule has 1 amide bonds. The van der Waals surface area contributed by atoms with Crippen LogP contribution in [-0.2, 0) is 10.3 Å². The van der Waals surface area contributed by atoms with Crippen LogP contribution in [0.2, 0.25) is 0 Å². The van der Waals surface area contributed by atoms with Crippen LogP contribution in [0, 0.1) is 6.92 Å². The first-order valence-corrected chi connectivity index (χ1v) is 6.23. The van der Waals surface area contributed by atoms with E-state index in [4.69, 9.17) is 5.73 Å². The Morgan fingerprint density at radius 2 is 1.63 bits per heavy atom. The first kappa shape index (κ1) is 13.1. The first-order valence-electron chi connectivity index (χ1n) is 6.23. The van der Waals surface area contributed by atoms with Gasteiger partial charge in [0.25, 0.3) is 0 Å². The molecule has 0 aliphatic carbocycles. The third kappa shape index (κ3) is 2.60. The van der Waals surface area contributed by atoms with Gasteiger partial charge in [0, 0.05) is 5.69 Å². The Morgan fingerprint density at radius 3 is 2.21 bits per heavy atom. The Morgan fingerprint density at radius 1 is 1.05 bits per heavy atom. The lowest BCUT2D eigenvalue weighted by atomic mass is 9.90. The molecule has 0 aliphatic rings. The number of primary amides is 1. The number of rotatable bonds is 4. The van der Waals surface area contributed by atoms with E-state index in [1.165, 1.54) is 0 Å². The largest absolute Gasteiger partial charge is 0.368 e. The summed E-state index contributed by atoms with van der Waals surface area (Å²) in [6.45, 7) is 3.80. The highest BCUT2D eigenvalue weighted by Crippen LogP contribution is 2.27. The van der Waals surface area contributed by atoms with Gasteiger partial charge in [-0.15, -0.1) is 0 Å². The van der Waals surface area contributed by atoms with E-state index in [2.05, 4.69) is 5.32 Å². The van der Waals surface area contributed by atoms with Crippen molar-refractivity contribution in [3.8, 4) is 0 Å². The quantitative estimate of drug-likeness (QED) is 0.881. The van der Waals surface area contributed by atoms with E-state index in [-0.39, 0.29) is 0 Å². The van der Waals surface area contributed by atoms with E-state index in [1.807, 2.05) is 61.5 Å². The van der Waals surface area contributed by atoms with Crippen molar-refractivity contribution in [3.63, 3.8) is 0 Å². The van der Waals surface area contributed by atoms with Gasteiger partial charge in [-0.2, -0.15) is 0 Å². The molecule has 3 heteroatoms. The number of para-hydroxylation sites is 1. The smallest absolute Gasteiger partial charge is 0.247 e. The Balaban J connectivity index is 2.42. The topological polar surface area (TPSA) is 55.1 Å². The average molecular weight is 254 g/mol. The van der Waals surface area contributed by atoms with Crippen molar-refractivity contribution in [1.29, 1.82) is 0 Å². The second-order valence-electron chi connectivity index (χ2n) is 4.80. The average Bonchev–Trinajstić information content (AvgIpc) is 2.42. The van der Waals surface area contributed by atoms with Crippen molar-refractivity contribution >= 4 is 11.6 Å². The highest BCUT2D eigenvalue weighted by atomic mass is 16.1. The van der Waals surface area contributed by atoms with Crippen LogP contribution in [-0.4, -0.2) is 5.91 Å². The summed E-state index contributed by atoms with van der Waals surface area (Å²) in [5.41, 5.74) is 7.51. The summed E-state index contributed by atoms with van der Waals surface area (Å²) in [5, 5.41) is 3.26. The molecule has 0 saturated heterocycles. The zero-order valence-corrected chi connectivity index (χ0v) is 11.2. The molecular formula is C16H18N2O. The molecule has 0 spiro atoms. The number of benzene rings is 2. The van der Waals surface area contributed by atoms with Crippen molar-refractivity contribution in [1.82, 2.24) is 0 Å². The number of hydrogen-bond donors (Lipinski definition) is 2. The van der Waals surface area contributed by atoms with Crippen molar-refractivity contribution in [2.24, 2.45) is 5.73 Å². The van der Waals surface area contributed by atoms with Crippen LogP contribution in [0.5, 0.6) is 0 Å². The van der Waals surface area contributed by atoms with Gasteiger partial charge in [0.05, 0.1) is 0 Å². The molecule has 0 radical (unpaired) electrons. The summed E-state index contributed by atoms with van der Waals surface area (Å²) in [6, 6.07) is 17.3. The maximum atomic E-state index is 11.9. The van der Waals surface area contributed by atoms with Gasteiger partial charge in [0.2, 0.25) is 5.91 Å². The minimum atomic E-state index is -0.923. The predicted octanol–water partition coefficient (Wildman–Crippen LogP) is 2.81. The number of nitrogens with two attached hydrogens (primary N) is 1. The number of aryl methyl sites for hydroxylation is 1. The van der Waals surface area contributed by atoms with Gasteiger partial charge in [0.15, 0.2) is 0 Å². The molecule has 2 rings (SSSR count). The maximum absolute atomic E-state index is 11.9. The number of hydrogen-bond acceptors (Lipinski definition) is 2. The Kier molecular flexibility index (Phi) is 3.56. The summed E-state index contributed by atoms with van der Waals surface area (Å²) >= 11 is 0. The molecule has 0 fully saturated rings. The summed E-state index contributed by atoms with van der Waals surface area (Å²) in [7, 11) is 0. The molecule has 0 heterocycles. The number of nitrogens with one attached hydrogen (secondary N) is 1.